The van der Waals surface area contributed by atoms with E-state index in [1.807, 2.05) is 18.2 Å². The molecule has 1 heterocycles. The van der Waals surface area contributed by atoms with Crippen molar-refractivity contribution in [3.05, 3.63) is 23.2 Å². The fraction of sp³-hybridized carbons (Fsp3) is 0.654. The van der Waals surface area contributed by atoms with E-state index in [1.165, 1.54) is 38.5 Å². The SMILES string of the molecule is COc1ccc(Nc2nc(NC3CCCCCC3)nc(N(C)C3CCC(N(C)C)CC3)n2)cc1Cl. The summed E-state index contributed by atoms with van der Waals surface area (Å²) in [5, 5.41) is 7.49. The van der Waals surface area contributed by atoms with Gasteiger partial charge in [-0.25, -0.2) is 0 Å². The Labute approximate surface area is 214 Å². The third kappa shape index (κ3) is 6.88. The number of halogens is 1. The van der Waals surface area contributed by atoms with Crippen molar-refractivity contribution in [1.29, 1.82) is 0 Å². The van der Waals surface area contributed by atoms with Gasteiger partial charge in [0.05, 0.1) is 12.1 Å². The number of ether oxygens (including phenoxy) is 1. The van der Waals surface area contributed by atoms with E-state index in [1.54, 1.807) is 7.11 Å². The van der Waals surface area contributed by atoms with Gasteiger partial charge >= 0.3 is 0 Å². The van der Waals surface area contributed by atoms with Gasteiger partial charge in [-0.05, 0) is 70.8 Å². The third-order valence-corrected chi connectivity index (χ3v) is 7.78. The molecule has 1 aromatic carbocycles. The highest BCUT2D eigenvalue weighted by Gasteiger charge is 2.27. The number of aromatic nitrogens is 3. The average molecular weight is 502 g/mol. The molecule has 4 rings (SSSR count). The largest absolute Gasteiger partial charge is 0.495 e. The maximum Gasteiger partial charge on any atom is 0.233 e. The first-order valence-corrected chi connectivity index (χ1v) is 13.3. The second kappa shape index (κ2) is 12.1. The lowest BCUT2D eigenvalue weighted by Crippen LogP contribution is -2.41. The molecule has 2 N–H and O–H groups in total. The first-order valence-electron chi connectivity index (χ1n) is 13.0. The lowest BCUT2D eigenvalue weighted by molar-refractivity contribution is 0.215. The van der Waals surface area contributed by atoms with E-state index in [0.29, 0.717) is 46.7 Å². The second-order valence-electron chi connectivity index (χ2n) is 10.1. The molecule has 8 nitrogen and oxygen atoms in total. The zero-order valence-corrected chi connectivity index (χ0v) is 22.3. The highest BCUT2D eigenvalue weighted by molar-refractivity contribution is 6.32. The highest BCUT2D eigenvalue weighted by atomic mass is 35.5. The van der Waals surface area contributed by atoms with Crippen LogP contribution in [0.1, 0.15) is 64.2 Å². The maximum atomic E-state index is 6.35. The Kier molecular flexibility index (Phi) is 8.89. The number of methoxy groups -OCH3 is 1. The fourth-order valence-electron chi connectivity index (χ4n) is 5.25. The van der Waals surface area contributed by atoms with E-state index in [-0.39, 0.29) is 0 Å². The van der Waals surface area contributed by atoms with Crippen molar-refractivity contribution in [3.63, 3.8) is 0 Å². The lowest BCUT2D eigenvalue weighted by atomic mass is 9.90. The Morgan fingerprint density at radius 3 is 2.14 bits per heavy atom. The smallest absolute Gasteiger partial charge is 0.233 e. The first-order chi connectivity index (χ1) is 16.9. The summed E-state index contributed by atoms with van der Waals surface area (Å²) in [6, 6.07) is 7.06. The Balaban J connectivity index is 1.56. The van der Waals surface area contributed by atoms with Gasteiger partial charge in [0.25, 0.3) is 0 Å². The molecule has 192 valence electrons. The quantitative estimate of drug-likeness (QED) is 0.444. The van der Waals surface area contributed by atoms with Crippen LogP contribution in [-0.4, -0.2) is 66.2 Å². The topological polar surface area (TPSA) is 78.4 Å². The minimum atomic E-state index is 0.400. The molecule has 2 aliphatic rings. The van der Waals surface area contributed by atoms with Crippen molar-refractivity contribution in [2.75, 3.05) is 43.8 Å². The molecule has 1 aromatic heterocycles. The van der Waals surface area contributed by atoms with Gasteiger partial charge in [-0.15, -0.1) is 0 Å². The van der Waals surface area contributed by atoms with Crippen LogP contribution >= 0.6 is 11.6 Å². The van der Waals surface area contributed by atoms with Crippen molar-refractivity contribution in [1.82, 2.24) is 19.9 Å². The molecule has 35 heavy (non-hydrogen) atoms. The molecule has 0 saturated heterocycles. The number of anilines is 4. The van der Waals surface area contributed by atoms with Crippen LogP contribution < -0.4 is 20.3 Å². The van der Waals surface area contributed by atoms with Crippen LogP contribution in [-0.2, 0) is 0 Å². The van der Waals surface area contributed by atoms with Crippen LogP contribution in [0.3, 0.4) is 0 Å². The third-order valence-electron chi connectivity index (χ3n) is 7.48. The Morgan fingerprint density at radius 2 is 1.51 bits per heavy atom. The van der Waals surface area contributed by atoms with E-state index >= 15 is 0 Å². The summed E-state index contributed by atoms with van der Waals surface area (Å²) in [5.74, 6) is 2.49. The summed E-state index contributed by atoms with van der Waals surface area (Å²) in [4.78, 5) is 19.0. The summed E-state index contributed by atoms with van der Waals surface area (Å²) in [6.07, 6.45) is 12.1. The summed E-state index contributed by atoms with van der Waals surface area (Å²) in [6.45, 7) is 0. The summed E-state index contributed by atoms with van der Waals surface area (Å²) >= 11 is 6.35. The molecule has 2 fully saturated rings. The fourth-order valence-corrected chi connectivity index (χ4v) is 5.51. The highest BCUT2D eigenvalue weighted by Crippen LogP contribution is 2.30. The van der Waals surface area contributed by atoms with Crippen LogP contribution in [0.15, 0.2) is 18.2 Å². The first kappa shape index (κ1) is 25.8. The van der Waals surface area contributed by atoms with Gasteiger partial charge in [0.15, 0.2) is 0 Å². The van der Waals surface area contributed by atoms with Gasteiger partial charge in [0.2, 0.25) is 17.8 Å². The molecule has 2 aromatic rings. The van der Waals surface area contributed by atoms with Gasteiger partial charge in [-0.1, -0.05) is 37.3 Å². The van der Waals surface area contributed by atoms with Crippen molar-refractivity contribution < 1.29 is 4.74 Å². The molecule has 0 radical (unpaired) electrons. The van der Waals surface area contributed by atoms with E-state index in [4.69, 9.17) is 31.3 Å². The number of nitrogens with zero attached hydrogens (tertiary/aromatic N) is 5. The molecular weight excluding hydrogens is 462 g/mol. The molecule has 0 amide bonds. The zero-order valence-electron chi connectivity index (χ0n) is 21.6. The molecule has 0 atom stereocenters. The van der Waals surface area contributed by atoms with Gasteiger partial charge in [-0.3, -0.25) is 0 Å². The molecule has 2 saturated carbocycles. The number of rotatable bonds is 8. The van der Waals surface area contributed by atoms with Gasteiger partial charge in [0, 0.05) is 30.9 Å². The van der Waals surface area contributed by atoms with E-state index in [2.05, 4.69) is 41.6 Å². The van der Waals surface area contributed by atoms with Gasteiger partial charge < -0.3 is 25.2 Å². The van der Waals surface area contributed by atoms with E-state index < -0.39 is 0 Å². The number of hydrogen-bond donors (Lipinski definition) is 2. The number of benzene rings is 1. The lowest BCUT2D eigenvalue weighted by Gasteiger charge is -2.37. The summed E-state index contributed by atoms with van der Waals surface area (Å²) < 4.78 is 5.28. The van der Waals surface area contributed by atoms with Crippen LogP contribution in [0.2, 0.25) is 5.02 Å². The van der Waals surface area contributed by atoms with E-state index in [9.17, 15) is 0 Å². The van der Waals surface area contributed by atoms with Crippen LogP contribution in [0.5, 0.6) is 5.75 Å². The van der Waals surface area contributed by atoms with Gasteiger partial charge in [0.1, 0.15) is 5.75 Å². The second-order valence-corrected chi connectivity index (χ2v) is 10.5. The molecule has 0 unspecified atom stereocenters. The van der Waals surface area contributed by atoms with Crippen LogP contribution in [0.25, 0.3) is 0 Å². The van der Waals surface area contributed by atoms with Crippen molar-refractivity contribution in [2.24, 2.45) is 0 Å². The van der Waals surface area contributed by atoms with Crippen molar-refractivity contribution >= 4 is 35.1 Å². The van der Waals surface area contributed by atoms with Crippen LogP contribution in [0, 0.1) is 0 Å². The summed E-state index contributed by atoms with van der Waals surface area (Å²) in [7, 11) is 8.07. The Hall–Kier alpha value is -2.32. The average Bonchev–Trinajstić information content (AvgIpc) is 3.12. The molecule has 0 bridgehead atoms. The van der Waals surface area contributed by atoms with E-state index in [0.717, 1.165) is 31.4 Å². The van der Waals surface area contributed by atoms with Crippen molar-refractivity contribution in [3.8, 4) is 5.75 Å². The molecule has 0 spiro atoms. The Morgan fingerprint density at radius 1 is 0.857 bits per heavy atom. The standard InChI is InChI=1S/C26H40ClN7O/c1-33(2)20-12-14-21(15-13-20)34(3)26-31-24(28-18-9-7-5-6-8-10-18)30-25(32-26)29-19-11-16-23(35-4)22(27)17-19/h11,16-18,20-21H,5-10,12-15H2,1-4H3,(H2,28,29,30,31,32). The molecule has 0 aliphatic heterocycles. The normalized spacial score (nSPS) is 21.4. The van der Waals surface area contributed by atoms with Crippen molar-refractivity contribution in [2.45, 2.75) is 82.3 Å². The predicted octanol–water partition coefficient (Wildman–Crippen LogP) is 5.72. The molecule has 9 heteroatoms. The Bertz CT molecular complexity index is 957. The minimum Gasteiger partial charge on any atom is -0.495 e. The molecular formula is C26H40ClN7O. The van der Waals surface area contributed by atoms with Gasteiger partial charge in [-0.2, -0.15) is 15.0 Å². The number of hydrogen-bond acceptors (Lipinski definition) is 8. The number of nitrogens with one attached hydrogen (secondary N) is 2. The maximum absolute atomic E-state index is 6.35. The van der Waals surface area contributed by atoms with Crippen LogP contribution in [0.4, 0.5) is 23.5 Å². The minimum absolute atomic E-state index is 0.400. The summed E-state index contributed by atoms with van der Waals surface area (Å²) in [5.41, 5.74) is 0.808. The predicted molar refractivity (Wildman–Crippen MR) is 144 cm³/mol. The monoisotopic (exact) mass is 501 g/mol. The zero-order chi connectivity index (χ0) is 24.8. The molecule has 2 aliphatic carbocycles.